The summed E-state index contributed by atoms with van der Waals surface area (Å²) >= 11 is 0. The summed E-state index contributed by atoms with van der Waals surface area (Å²) in [5, 5.41) is 0. The maximum atomic E-state index is 12.6. The lowest BCUT2D eigenvalue weighted by Crippen LogP contribution is -2.14. The molecule has 158 valence electrons. The summed E-state index contributed by atoms with van der Waals surface area (Å²) in [7, 11) is 0. The van der Waals surface area contributed by atoms with E-state index in [4.69, 9.17) is 15.2 Å². The number of ether oxygens (including phenoxy) is 2. The van der Waals surface area contributed by atoms with Gasteiger partial charge in [-0.3, -0.25) is 0 Å². The highest BCUT2D eigenvalue weighted by Crippen LogP contribution is 2.28. The van der Waals surface area contributed by atoms with E-state index in [1.165, 1.54) is 0 Å². The van der Waals surface area contributed by atoms with E-state index in [2.05, 4.69) is 9.97 Å². The molecule has 0 saturated heterocycles. The third-order valence-corrected chi connectivity index (χ3v) is 4.91. The maximum Gasteiger partial charge on any atom is 0.344 e. The van der Waals surface area contributed by atoms with Crippen LogP contribution in [0.2, 0.25) is 0 Å². The molecule has 0 aliphatic rings. The van der Waals surface area contributed by atoms with Gasteiger partial charge in [0.05, 0.1) is 29.7 Å². The predicted molar refractivity (Wildman–Crippen MR) is 117 cm³/mol. The van der Waals surface area contributed by atoms with Crippen molar-refractivity contribution in [3.05, 3.63) is 65.2 Å². The number of rotatable bonds is 6. The lowest BCUT2D eigenvalue weighted by Gasteiger charge is -2.09. The SMILES string of the molecule is CCOC(=O)c1c(N)n(CCOC(=O)c2ccc(C)cc2)c2nc3ccccc3nc12. The van der Waals surface area contributed by atoms with Crippen molar-refractivity contribution in [3.8, 4) is 0 Å². The van der Waals surface area contributed by atoms with Crippen molar-refractivity contribution < 1.29 is 19.1 Å². The number of aromatic nitrogens is 3. The van der Waals surface area contributed by atoms with Crippen molar-refractivity contribution >= 4 is 40.0 Å². The van der Waals surface area contributed by atoms with E-state index < -0.39 is 11.9 Å². The first-order valence-corrected chi connectivity index (χ1v) is 9.95. The van der Waals surface area contributed by atoms with Crippen LogP contribution in [0.5, 0.6) is 0 Å². The summed E-state index contributed by atoms with van der Waals surface area (Å²) in [4.78, 5) is 34.1. The monoisotopic (exact) mass is 418 g/mol. The minimum Gasteiger partial charge on any atom is -0.462 e. The summed E-state index contributed by atoms with van der Waals surface area (Å²) in [6, 6.07) is 14.5. The highest BCUT2D eigenvalue weighted by molar-refractivity contribution is 6.08. The van der Waals surface area contributed by atoms with Gasteiger partial charge < -0.3 is 19.8 Å². The Morgan fingerprint density at radius 1 is 0.968 bits per heavy atom. The van der Waals surface area contributed by atoms with Crippen LogP contribution in [0.4, 0.5) is 5.82 Å². The molecule has 31 heavy (non-hydrogen) atoms. The standard InChI is InChI=1S/C23H22N4O4/c1-3-30-23(29)18-19-21(26-17-7-5-4-6-16(17)25-19)27(20(18)24)12-13-31-22(28)15-10-8-14(2)9-11-15/h4-11H,3,12-13,24H2,1-2H3. The van der Waals surface area contributed by atoms with Crippen LogP contribution >= 0.6 is 0 Å². The number of carbonyl (C=O) groups is 2. The molecule has 8 heteroatoms. The minimum atomic E-state index is -0.565. The lowest BCUT2D eigenvalue weighted by atomic mass is 10.1. The van der Waals surface area contributed by atoms with Crippen molar-refractivity contribution in [2.45, 2.75) is 20.4 Å². The molecule has 0 unspecified atom stereocenters. The van der Waals surface area contributed by atoms with Crippen molar-refractivity contribution in [3.63, 3.8) is 0 Å². The lowest BCUT2D eigenvalue weighted by molar-refractivity contribution is 0.0488. The minimum absolute atomic E-state index is 0.0530. The van der Waals surface area contributed by atoms with Gasteiger partial charge >= 0.3 is 11.9 Å². The van der Waals surface area contributed by atoms with Crippen LogP contribution in [-0.4, -0.2) is 39.7 Å². The number of hydrogen-bond acceptors (Lipinski definition) is 7. The molecule has 0 spiro atoms. The summed E-state index contributed by atoms with van der Waals surface area (Å²) in [5.74, 6) is -0.822. The molecule has 0 bridgehead atoms. The summed E-state index contributed by atoms with van der Waals surface area (Å²) < 4.78 is 12.2. The van der Waals surface area contributed by atoms with E-state index in [1.807, 2.05) is 43.3 Å². The van der Waals surface area contributed by atoms with Crippen LogP contribution in [0, 0.1) is 6.92 Å². The second-order valence-electron chi connectivity index (χ2n) is 7.02. The van der Waals surface area contributed by atoms with E-state index in [0.717, 1.165) is 5.56 Å². The second kappa shape index (κ2) is 8.43. The molecule has 4 aromatic rings. The quantitative estimate of drug-likeness (QED) is 0.477. The number of nitrogen functional groups attached to an aromatic ring is 1. The topological polar surface area (TPSA) is 109 Å². The van der Waals surface area contributed by atoms with Gasteiger partial charge in [-0.1, -0.05) is 29.8 Å². The number of nitrogens with two attached hydrogens (primary N) is 1. The smallest absolute Gasteiger partial charge is 0.344 e. The normalized spacial score (nSPS) is 11.0. The number of benzene rings is 2. The van der Waals surface area contributed by atoms with Gasteiger partial charge in [-0.2, -0.15) is 0 Å². The molecular formula is C23H22N4O4. The van der Waals surface area contributed by atoms with Gasteiger partial charge in [-0.25, -0.2) is 19.6 Å². The Labute approximate surface area is 178 Å². The van der Waals surface area contributed by atoms with Crippen LogP contribution in [0.1, 0.15) is 33.2 Å². The maximum absolute atomic E-state index is 12.6. The van der Waals surface area contributed by atoms with Crippen LogP contribution in [0.15, 0.2) is 48.5 Å². The van der Waals surface area contributed by atoms with Gasteiger partial charge in [0.2, 0.25) is 0 Å². The molecule has 8 nitrogen and oxygen atoms in total. The second-order valence-corrected chi connectivity index (χ2v) is 7.02. The molecule has 2 N–H and O–H groups in total. The van der Waals surface area contributed by atoms with Crippen LogP contribution in [0.25, 0.3) is 22.2 Å². The molecule has 4 rings (SSSR count). The molecule has 2 aromatic carbocycles. The third kappa shape index (κ3) is 3.92. The Morgan fingerprint density at radius 2 is 1.65 bits per heavy atom. The number of hydrogen-bond donors (Lipinski definition) is 1. The van der Waals surface area contributed by atoms with Crippen LogP contribution in [0.3, 0.4) is 0 Å². The number of aryl methyl sites for hydroxylation is 1. The Kier molecular flexibility index (Phi) is 5.53. The van der Waals surface area contributed by atoms with E-state index in [1.54, 1.807) is 23.6 Å². The van der Waals surface area contributed by atoms with E-state index in [9.17, 15) is 9.59 Å². The predicted octanol–water partition coefficient (Wildman–Crippen LogP) is 3.51. The van der Waals surface area contributed by atoms with Gasteiger partial charge in [-0.05, 0) is 38.1 Å². The Morgan fingerprint density at radius 3 is 2.32 bits per heavy atom. The van der Waals surface area contributed by atoms with Crippen LogP contribution < -0.4 is 5.73 Å². The van der Waals surface area contributed by atoms with Crippen molar-refractivity contribution in [2.24, 2.45) is 0 Å². The summed E-state index contributed by atoms with van der Waals surface area (Å²) in [5.41, 5.74) is 10.1. The molecule has 0 aliphatic carbocycles. The van der Waals surface area contributed by atoms with E-state index in [0.29, 0.717) is 27.8 Å². The average Bonchev–Trinajstić information content (AvgIpc) is 3.03. The van der Waals surface area contributed by atoms with Crippen molar-refractivity contribution in [1.29, 1.82) is 0 Å². The first-order chi connectivity index (χ1) is 15.0. The number of anilines is 1. The Balaban J connectivity index is 1.66. The third-order valence-electron chi connectivity index (χ3n) is 4.91. The molecule has 0 radical (unpaired) electrons. The zero-order valence-electron chi connectivity index (χ0n) is 17.3. The molecule has 0 saturated carbocycles. The fourth-order valence-electron chi connectivity index (χ4n) is 3.35. The molecule has 0 aliphatic heterocycles. The number of carbonyl (C=O) groups excluding carboxylic acids is 2. The zero-order valence-corrected chi connectivity index (χ0v) is 17.3. The number of nitrogens with zero attached hydrogens (tertiary/aromatic N) is 3. The first-order valence-electron chi connectivity index (χ1n) is 9.95. The number of esters is 2. The van der Waals surface area contributed by atoms with Gasteiger partial charge in [-0.15, -0.1) is 0 Å². The summed E-state index contributed by atoms with van der Waals surface area (Å²) in [6.07, 6.45) is 0. The number of fused-ring (bicyclic) bond motifs is 2. The van der Waals surface area contributed by atoms with Crippen LogP contribution in [-0.2, 0) is 16.0 Å². The van der Waals surface area contributed by atoms with Gasteiger partial charge in [0.1, 0.15) is 23.5 Å². The summed E-state index contributed by atoms with van der Waals surface area (Å²) in [6.45, 7) is 4.14. The Bertz CT molecular complexity index is 1280. The van der Waals surface area contributed by atoms with Crippen molar-refractivity contribution in [2.75, 3.05) is 18.9 Å². The zero-order chi connectivity index (χ0) is 22.0. The molecule has 2 heterocycles. The van der Waals surface area contributed by atoms with Gasteiger partial charge in [0, 0.05) is 0 Å². The highest BCUT2D eigenvalue weighted by atomic mass is 16.5. The number of para-hydroxylation sites is 2. The average molecular weight is 418 g/mol. The van der Waals surface area contributed by atoms with E-state index >= 15 is 0 Å². The van der Waals surface area contributed by atoms with Crippen molar-refractivity contribution in [1.82, 2.24) is 14.5 Å². The molecule has 0 atom stereocenters. The largest absolute Gasteiger partial charge is 0.462 e. The van der Waals surface area contributed by atoms with E-state index in [-0.39, 0.29) is 31.1 Å². The molecule has 0 amide bonds. The fourth-order valence-corrected chi connectivity index (χ4v) is 3.35. The fraction of sp³-hybridized carbons (Fsp3) is 0.217. The molecular weight excluding hydrogens is 396 g/mol. The Hall–Kier alpha value is -3.94. The first kappa shape index (κ1) is 20.3. The molecule has 2 aromatic heterocycles. The van der Waals surface area contributed by atoms with Gasteiger partial charge in [0.15, 0.2) is 5.65 Å². The molecule has 0 fully saturated rings. The highest BCUT2D eigenvalue weighted by Gasteiger charge is 2.25. The van der Waals surface area contributed by atoms with Gasteiger partial charge in [0.25, 0.3) is 0 Å².